The van der Waals surface area contributed by atoms with Gasteiger partial charge in [-0.1, -0.05) is 0 Å². The summed E-state index contributed by atoms with van der Waals surface area (Å²) in [5, 5.41) is 0. The molecule has 2 amide bonds. The molecule has 2 saturated heterocycles. The van der Waals surface area contributed by atoms with Gasteiger partial charge in [-0.3, -0.25) is 9.59 Å². The minimum Gasteiger partial charge on any atom is -0.459 e. The Labute approximate surface area is 124 Å². The molecule has 1 aromatic heterocycles. The van der Waals surface area contributed by atoms with Gasteiger partial charge in [0.25, 0.3) is 5.91 Å². The van der Waals surface area contributed by atoms with Crippen molar-refractivity contribution in [2.45, 2.75) is 6.42 Å². The van der Waals surface area contributed by atoms with Crippen LogP contribution in [0.2, 0.25) is 0 Å². The lowest BCUT2D eigenvalue weighted by Crippen LogP contribution is -2.52. The average molecular weight is 291 g/mol. The molecule has 0 radical (unpaired) electrons. The maximum atomic E-state index is 12.4. The minimum atomic E-state index is -0.0901. The Morgan fingerprint density at radius 2 is 1.86 bits per heavy atom. The lowest BCUT2D eigenvalue weighted by Gasteiger charge is -2.35. The van der Waals surface area contributed by atoms with Crippen molar-refractivity contribution in [2.24, 2.45) is 5.92 Å². The van der Waals surface area contributed by atoms with Crippen LogP contribution in [0.4, 0.5) is 0 Å². The number of hydrogen-bond acceptors (Lipinski definition) is 4. The van der Waals surface area contributed by atoms with E-state index in [2.05, 4.69) is 4.90 Å². The third-order valence-corrected chi connectivity index (χ3v) is 4.35. The number of amides is 2. The zero-order valence-electron chi connectivity index (χ0n) is 12.3. The number of rotatable bonds is 2. The highest BCUT2D eigenvalue weighted by atomic mass is 16.3. The van der Waals surface area contributed by atoms with Crippen molar-refractivity contribution < 1.29 is 14.0 Å². The van der Waals surface area contributed by atoms with Crippen molar-refractivity contribution in [1.29, 1.82) is 0 Å². The molecule has 3 heterocycles. The van der Waals surface area contributed by atoms with Crippen LogP contribution in [0.25, 0.3) is 0 Å². The smallest absolute Gasteiger partial charge is 0.289 e. The second kappa shape index (κ2) is 5.89. The number of carbonyl (C=O) groups is 2. The SMILES string of the molecule is CN1CCC(C(=O)N2CCN(C(=O)c3ccco3)CC2)C1. The normalized spacial score (nSPS) is 23.6. The molecule has 2 fully saturated rings. The molecule has 2 aliphatic rings. The molecular weight excluding hydrogens is 270 g/mol. The van der Waals surface area contributed by atoms with Gasteiger partial charge in [-0.2, -0.15) is 0 Å². The lowest BCUT2D eigenvalue weighted by molar-refractivity contribution is -0.136. The fourth-order valence-corrected chi connectivity index (χ4v) is 3.08. The summed E-state index contributed by atoms with van der Waals surface area (Å²) in [5.74, 6) is 0.645. The Hall–Kier alpha value is -1.82. The van der Waals surface area contributed by atoms with Gasteiger partial charge in [0.1, 0.15) is 0 Å². The highest BCUT2D eigenvalue weighted by Gasteiger charge is 2.32. The predicted molar refractivity (Wildman–Crippen MR) is 76.8 cm³/mol. The Balaban J connectivity index is 1.53. The van der Waals surface area contributed by atoms with Crippen molar-refractivity contribution in [2.75, 3.05) is 46.3 Å². The predicted octanol–water partition coefficient (Wildman–Crippen LogP) is 0.516. The van der Waals surface area contributed by atoms with Crippen molar-refractivity contribution >= 4 is 11.8 Å². The first-order valence-electron chi connectivity index (χ1n) is 7.45. The second-order valence-corrected chi connectivity index (χ2v) is 5.84. The third-order valence-electron chi connectivity index (χ3n) is 4.35. The molecule has 0 aromatic carbocycles. The first-order chi connectivity index (χ1) is 10.1. The molecule has 114 valence electrons. The number of nitrogens with zero attached hydrogens (tertiary/aromatic N) is 3. The number of furan rings is 1. The molecule has 1 aromatic rings. The van der Waals surface area contributed by atoms with E-state index in [4.69, 9.17) is 4.42 Å². The maximum absolute atomic E-state index is 12.4. The zero-order valence-corrected chi connectivity index (χ0v) is 12.3. The molecule has 0 bridgehead atoms. The van der Waals surface area contributed by atoms with Gasteiger partial charge < -0.3 is 19.1 Å². The fraction of sp³-hybridized carbons (Fsp3) is 0.600. The van der Waals surface area contributed by atoms with E-state index in [1.807, 2.05) is 11.9 Å². The van der Waals surface area contributed by atoms with Gasteiger partial charge in [0, 0.05) is 32.7 Å². The van der Waals surface area contributed by atoms with Gasteiger partial charge in [0.05, 0.1) is 12.2 Å². The Kier molecular flexibility index (Phi) is 3.96. The summed E-state index contributed by atoms with van der Waals surface area (Å²) in [5.41, 5.74) is 0. The lowest BCUT2D eigenvalue weighted by atomic mass is 10.1. The molecule has 3 rings (SSSR count). The van der Waals surface area contributed by atoms with E-state index in [9.17, 15) is 9.59 Å². The van der Waals surface area contributed by atoms with Crippen LogP contribution in [0.1, 0.15) is 17.0 Å². The van der Waals surface area contributed by atoms with Crippen LogP contribution in [0.15, 0.2) is 22.8 Å². The van der Waals surface area contributed by atoms with E-state index in [-0.39, 0.29) is 17.7 Å². The summed E-state index contributed by atoms with van der Waals surface area (Å²) in [7, 11) is 2.05. The summed E-state index contributed by atoms with van der Waals surface area (Å²) < 4.78 is 5.14. The Morgan fingerprint density at radius 3 is 2.43 bits per heavy atom. The van der Waals surface area contributed by atoms with Crippen LogP contribution in [-0.2, 0) is 4.79 Å². The van der Waals surface area contributed by atoms with Crippen LogP contribution in [-0.4, -0.2) is 72.8 Å². The van der Waals surface area contributed by atoms with Crippen molar-refractivity contribution in [3.05, 3.63) is 24.2 Å². The second-order valence-electron chi connectivity index (χ2n) is 5.84. The van der Waals surface area contributed by atoms with E-state index in [0.29, 0.717) is 31.9 Å². The average Bonchev–Trinajstić information content (AvgIpc) is 3.17. The Morgan fingerprint density at radius 1 is 1.14 bits per heavy atom. The summed E-state index contributed by atoms with van der Waals surface area (Å²) in [6.07, 6.45) is 2.45. The highest BCUT2D eigenvalue weighted by molar-refractivity contribution is 5.91. The summed E-state index contributed by atoms with van der Waals surface area (Å²) in [4.78, 5) is 30.4. The van der Waals surface area contributed by atoms with Crippen LogP contribution >= 0.6 is 0 Å². The number of hydrogen-bond donors (Lipinski definition) is 0. The number of carbonyl (C=O) groups excluding carboxylic acids is 2. The van der Waals surface area contributed by atoms with E-state index >= 15 is 0 Å². The molecule has 21 heavy (non-hydrogen) atoms. The zero-order chi connectivity index (χ0) is 14.8. The molecular formula is C15H21N3O3. The summed E-state index contributed by atoms with van der Waals surface area (Å²) >= 11 is 0. The molecule has 2 aliphatic heterocycles. The standard InChI is InChI=1S/C15H21N3O3/c1-16-5-4-12(11-16)14(19)17-6-8-18(9-7-17)15(20)13-3-2-10-21-13/h2-3,10,12H,4-9,11H2,1H3. The van der Waals surface area contributed by atoms with E-state index < -0.39 is 0 Å². The quantitative estimate of drug-likeness (QED) is 0.797. The van der Waals surface area contributed by atoms with Gasteiger partial charge >= 0.3 is 0 Å². The number of likely N-dealkylation sites (tertiary alicyclic amines) is 1. The highest BCUT2D eigenvalue weighted by Crippen LogP contribution is 2.18. The molecule has 1 atom stereocenters. The van der Waals surface area contributed by atoms with E-state index in [0.717, 1.165) is 19.5 Å². The van der Waals surface area contributed by atoms with Gasteiger partial charge in [-0.25, -0.2) is 0 Å². The summed E-state index contributed by atoms with van der Waals surface area (Å²) in [6, 6.07) is 3.39. The molecule has 0 spiro atoms. The van der Waals surface area contributed by atoms with Gasteiger partial charge in [0.15, 0.2) is 5.76 Å². The molecule has 6 heteroatoms. The molecule has 0 saturated carbocycles. The molecule has 0 aliphatic carbocycles. The topological polar surface area (TPSA) is 57.0 Å². The maximum Gasteiger partial charge on any atom is 0.289 e. The van der Waals surface area contributed by atoms with Crippen LogP contribution < -0.4 is 0 Å². The molecule has 1 unspecified atom stereocenters. The fourth-order valence-electron chi connectivity index (χ4n) is 3.08. The van der Waals surface area contributed by atoms with Crippen LogP contribution in [0.5, 0.6) is 0 Å². The third kappa shape index (κ3) is 2.95. The van der Waals surface area contributed by atoms with Crippen molar-refractivity contribution in [3.63, 3.8) is 0 Å². The molecule has 6 nitrogen and oxygen atoms in total. The van der Waals surface area contributed by atoms with Crippen molar-refractivity contribution in [3.8, 4) is 0 Å². The molecule has 0 N–H and O–H groups in total. The first kappa shape index (κ1) is 14.1. The van der Waals surface area contributed by atoms with Gasteiger partial charge in [-0.05, 0) is 32.1 Å². The monoisotopic (exact) mass is 291 g/mol. The van der Waals surface area contributed by atoms with Gasteiger partial charge in [-0.15, -0.1) is 0 Å². The largest absolute Gasteiger partial charge is 0.459 e. The minimum absolute atomic E-state index is 0.0901. The summed E-state index contributed by atoms with van der Waals surface area (Å²) in [6.45, 7) is 4.23. The van der Waals surface area contributed by atoms with Crippen LogP contribution in [0.3, 0.4) is 0 Å². The van der Waals surface area contributed by atoms with E-state index in [1.165, 1.54) is 6.26 Å². The van der Waals surface area contributed by atoms with Crippen molar-refractivity contribution in [1.82, 2.24) is 14.7 Å². The van der Waals surface area contributed by atoms with Crippen LogP contribution in [0, 0.1) is 5.92 Å². The van der Waals surface area contributed by atoms with Gasteiger partial charge in [0.2, 0.25) is 5.91 Å². The Bertz CT molecular complexity index is 506. The van der Waals surface area contributed by atoms with E-state index in [1.54, 1.807) is 17.0 Å². The number of piperazine rings is 1. The first-order valence-corrected chi connectivity index (χ1v) is 7.45.